The Morgan fingerprint density at radius 2 is 1.81 bits per heavy atom. The van der Waals surface area contributed by atoms with E-state index >= 15 is 0 Å². The molecule has 0 aromatic rings. The molecule has 92 valence electrons. The summed E-state index contributed by atoms with van der Waals surface area (Å²) in [5, 5.41) is 1.42. The van der Waals surface area contributed by atoms with E-state index in [9.17, 15) is 22.8 Å². The van der Waals surface area contributed by atoms with E-state index in [1.807, 2.05) is 0 Å². The molecule has 1 amide bonds. The Balaban J connectivity index is 4.84. The van der Waals surface area contributed by atoms with Gasteiger partial charge in [-0.3, -0.25) is 4.79 Å². The second-order valence-electron chi connectivity index (χ2n) is 2.95. The summed E-state index contributed by atoms with van der Waals surface area (Å²) in [5.41, 5.74) is -0.588. The molecule has 8 heteroatoms. The standard InChI is InChI=1S/C8H11F3N2O3/c1-13(2)4-5(6(14)16-3)12-7(15)8(9,10)11/h4H,1-3H3,(H,12,15)/b5-4-. The molecule has 0 saturated carbocycles. The summed E-state index contributed by atoms with van der Waals surface area (Å²) in [7, 11) is 3.94. The smallest absolute Gasteiger partial charge is 0.464 e. The molecular weight excluding hydrogens is 229 g/mol. The van der Waals surface area contributed by atoms with Crippen LogP contribution in [0, 0.1) is 0 Å². The van der Waals surface area contributed by atoms with E-state index in [2.05, 4.69) is 4.74 Å². The highest BCUT2D eigenvalue weighted by Gasteiger charge is 2.39. The molecule has 0 unspecified atom stereocenters. The first-order valence-corrected chi connectivity index (χ1v) is 4.03. The van der Waals surface area contributed by atoms with Crippen molar-refractivity contribution in [2.45, 2.75) is 6.18 Å². The van der Waals surface area contributed by atoms with Crippen molar-refractivity contribution in [2.24, 2.45) is 0 Å². The van der Waals surface area contributed by atoms with Crippen LogP contribution in [-0.2, 0) is 14.3 Å². The number of nitrogens with one attached hydrogen (secondary N) is 1. The van der Waals surface area contributed by atoms with Crippen LogP contribution in [0.2, 0.25) is 0 Å². The highest BCUT2D eigenvalue weighted by molar-refractivity contribution is 5.95. The van der Waals surface area contributed by atoms with Gasteiger partial charge in [0, 0.05) is 20.3 Å². The third kappa shape index (κ3) is 4.67. The number of halogens is 3. The van der Waals surface area contributed by atoms with Crippen molar-refractivity contribution in [3.05, 3.63) is 11.9 Å². The molecule has 0 aromatic carbocycles. The van der Waals surface area contributed by atoms with E-state index in [4.69, 9.17) is 0 Å². The van der Waals surface area contributed by atoms with Crippen LogP contribution in [0.1, 0.15) is 0 Å². The van der Waals surface area contributed by atoms with Crippen molar-refractivity contribution in [1.82, 2.24) is 10.2 Å². The summed E-state index contributed by atoms with van der Waals surface area (Å²) in [6.07, 6.45) is -4.05. The number of ether oxygens (including phenoxy) is 1. The lowest BCUT2D eigenvalue weighted by Gasteiger charge is -2.12. The molecular formula is C8H11F3N2O3. The molecule has 0 saturated heterocycles. The maximum atomic E-state index is 11.9. The van der Waals surface area contributed by atoms with Gasteiger partial charge in [0.2, 0.25) is 0 Å². The Hall–Kier alpha value is -1.73. The normalized spacial score (nSPS) is 12.0. The highest BCUT2D eigenvalue weighted by atomic mass is 19.4. The minimum atomic E-state index is -5.06. The lowest BCUT2D eigenvalue weighted by Crippen LogP contribution is -2.39. The molecule has 0 aliphatic carbocycles. The summed E-state index contributed by atoms with van der Waals surface area (Å²) in [5.74, 6) is -3.29. The van der Waals surface area contributed by atoms with Crippen molar-refractivity contribution in [2.75, 3.05) is 21.2 Å². The molecule has 0 fully saturated rings. The van der Waals surface area contributed by atoms with Gasteiger partial charge in [-0.2, -0.15) is 13.2 Å². The number of carbonyl (C=O) groups is 2. The zero-order chi connectivity index (χ0) is 12.9. The van der Waals surface area contributed by atoms with Crippen molar-refractivity contribution in [3.63, 3.8) is 0 Å². The van der Waals surface area contributed by atoms with Gasteiger partial charge in [0.1, 0.15) is 5.70 Å². The first-order chi connectivity index (χ1) is 7.18. The number of hydrogen-bond donors (Lipinski definition) is 1. The molecule has 0 bridgehead atoms. The Morgan fingerprint density at radius 1 is 1.31 bits per heavy atom. The molecule has 0 atom stereocenters. The number of esters is 1. The fourth-order valence-corrected chi connectivity index (χ4v) is 0.697. The lowest BCUT2D eigenvalue weighted by atomic mass is 10.4. The van der Waals surface area contributed by atoms with Crippen molar-refractivity contribution in [1.29, 1.82) is 0 Å². The van der Waals surface area contributed by atoms with E-state index in [0.29, 0.717) is 0 Å². The maximum Gasteiger partial charge on any atom is 0.471 e. The first-order valence-electron chi connectivity index (χ1n) is 4.03. The number of rotatable bonds is 3. The quantitative estimate of drug-likeness (QED) is 0.567. The minimum Gasteiger partial charge on any atom is -0.464 e. The topological polar surface area (TPSA) is 58.6 Å². The molecule has 1 N–H and O–H groups in total. The Labute approximate surface area is 89.8 Å². The predicted octanol–water partition coefficient (Wildman–Crippen LogP) is 0.241. The lowest BCUT2D eigenvalue weighted by molar-refractivity contribution is -0.173. The van der Waals surface area contributed by atoms with Crippen molar-refractivity contribution >= 4 is 11.9 Å². The van der Waals surface area contributed by atoms with Crippen LogP contribution in [-0.4, -0.2) is 44.2 Å². The number of amides is 1. The Kier molecular flexibility index (Phi) is 4.80. The fourth-order valence-electron chi connectivity index (χ4n) is 0.697. The third-order valence-electron chi connectivity index (χ3n) is 1.30. The van der Waals surface area contributed by atoms with Crippen LogP contribution in [0.25, 0.3) is 0 Å². The van der Waals surface area contributed by atoms with Gasteiger partial charge >= 0.3 is 18.1 Å². The van der Waals surface area contributed by atoms with Gasteiger partial charge in [0.05, 0.1) is 7.11 Å². The summed E-state index contributed by atoms with van der Waals surface area (Å²) in [4.78, 5) is 22.9. The average molecular weight is 240 g/mol. The van der Waals surface area contributed by atoms with E-state index in [0.717, 1.165) is 13.3 Å². The molecule has 0 heterocycles. The number of hydrogen-bond acceptors (Lipinski definition) is 4. The van der Waals surface area contributed by atoms with Gasteiger partial charge in [-0.15, -0.1) is 0 Å². The van der Waals surface area contributed by atoms with Gasteiger partial charge in [0.25, 0.3) is 0 Å². The monoisotopic (exact) mass is 240 g/mol. The molecule has 0 spiro atoms. The maximum absolute atomic E-state index is 11.9. The molecule has 0 aliphatic rings. The van der Waals surface area contributed by atoms with Gasteiger partial charge in [0.15, 0.2) is 0 Å². The first kappa shape index (κ1) is 14.3. The van der Waals surface area contributed by atoms with Crippen molar-refractivity contribution in [3.8, 4) is 0 Å². The zero-order valence-corrected chi connectivity index (χ0v) is 8.88. The summed E-state index contributed by atoms with van der Waals surface area (Å²) in [6.45, 7) is 0. The van der Waals surface area contributed by atoms with E-state index in [1.54, 1.807) is 0 Å². The van der Waals surface area contributed by atoms with Gasteiger partial charge in [-0.25, -0.2) is 4.79 Å². The molecule has 0 aliphatic heterocycles. The fraction of sp³-hybridized carbons (Fsp3) is 0.500. The van der Waals surface area contributed by atoms with Gasteiger partial charge in [-0.1, -0.05) is 0 Å². The van der Waals surface area contributed by atoms with E-state index in [1.165, 1.54) is 24.3 Å². The average Bonchev–Trinajstić information content (AvgIpc) is 2.13. The molecule has 0 radical (unpaired) electrons. The Bertz CT molecular complexity index is 310. The van der Waals surface area contributed by atoms with Gasteiger partial charge in [-0.05, 0) is 0 Å². The second kappa shape index (κ2) is 5.38. The molecule has 16 heavy (non-hydrogen) atoms. The predicted molar refractivity (Wildman–Crippen MR) is 48.0 cm³/mol. The molecule has 0 rings (SSSR count). The largest absolute Gasteiger partial charge is 0.471 e. The van der Waals surface area contributed by atoms with E-state index < -0.39 is 23.7 Å². The van der Waals surface area contributed by atoms with Gasteiger partial charge < -0.3 is 15.0 Å². The SMILES string of the molecule is COC(=O)/C(=C/N(C)C)NC(=O)C(F)(F)F. The summed E-state index contributed by atoms with van der Waals surface area (Å²) >= 11 is 0. The van der Waals surface area contributed by atoms with Crippen LogP contribution in [0.5, 0.6) is 0 Å². The van der Waals surface area contributed by atoms with Crippen molar-refractivity contribution < 1.29 is 27.5 Å². The van der Waals surface area contributed by atoms with Crippen LogP contribution in [0.4, 0.5) is 13.2 Å². The van der Waals surface area contributed by atoms with Crippen LogP contribution >= 0.6 is 0 Å². The highest BCUT2D eigenvalue weighted by Crippen LogP contribution is 2.15. The second-order valence-corrected chi connectivity index (χ2v) is 2.95. The number of carbonyl (C=O) groups excluding carboxylic acids is 2. The number of methoxy groups -OCH3 is 1. The molecule has 0 aromatic heterocycles. The van der Waals surface area contributed by atoms with E-state index in [-0.39, 0.29) is 0 Å². The van der Waals surface area contributed by atoms with Crippen LogP contribution < -0.4 is 5.32 Å². The number of alkyl halides is 3. The molecule has 5 nitrogen and oxygen atoms in total. The minimum absolute atomic E-state index is 0.588. The third-order valence-corrected chi connectivity index (χ3v) is 1.30. The summed E-state index contributed by atoms with van der Waals surface area (Å²) < 4.78 is 39.9. The van der Waals surface area contributed by atoms with Crippen LogP contribution in [0.3, 0.4) is 0 Å². The zero-order valence-electron chi connectivity index (χ0n) is 8.88. The van der Waals surface area contributed by atoms with Crippen LogP contribution in [0.15, 0.2) is 11.9 Å². The number of nitrogens with zero attached hydrogens (tertiary/aromatic N) is 1. The summed E-state index contributed by atoms with van der Waals surface area (Å²) in [6, 6.07) is 0. The Morgan fingerprint density at radius 3 is 2.12 bits per heavy atom.